The topological polar surface area (TPSA) is 41.9 Å². The van der Waals surface area contributed by atoms with Crippen LogP contribution in [0.5, 0.6) is 0 Å². The molecular weight excluding hydrogens is 357 g/mol. The molecule has 4 nitrogen and oxygen atoms in total. The molecule has 27 heavy (non-hydrogen) atoms. The molecule has 0 fully saturated rings. The molecule has 3 rings (SSSR count). The lowest BCUT2D eigenvalue weighted by Crippen LogP contribution is -2.36. The monoisotopic (exact) mass is 376 g/mol. The zero-order chi connectivity index (χ0) is 19.4. The van der Waals surface area contributed by atoms with Crippen LogP contribution in [0.25, 0.3) is 0 Å². The molecule has 2 aromatic carbocycles. The van der Waals surface area contributed by atoms with Crippen LogP contribution in [-0.4, -0.2) is 29.0 Å². The summed E-state index contributed by atoms with van der Waals surface area (Å²) in [6.07, 6.45) is -6.38. The number of nitrogens with zero attached hydrogens (tertiary/aromatic N) is 2. The number of carbonyl (C=O) groups excluding carboxylic acids is 1. The van der Waals surface area contributed by atoms with Gasteiger partial charge in [0.1, 0.15) is 6.61 Å². The number of hydrogen-bond donors (Lipinski definition) is 0. The van der Waals surface area contributed by atoms with Gasteiger partial charge in [-0.05, 0) is 18.1 Å². The molecule has 0 spiro atoms. The summed E-state index contributed by atoms with van der Waals surface area (Å²) in [5, 5.41) is 4.97. The highest BCUT2D eigenvalue weighted by atomic mass is 19.4. The van der Waals surface area contributed by atoms with Crippen LogP contribution in [0, 0.1) is 6.92 Å². The summed E-state index contributed by atoms with van der Waals surface area (Å²) in [5.41, 5.74) is 2.93. The first-order chi connectivity index (χ1) is 12.8. The first kappa shape index (κ1) is 18.9. The maximum atomic E-state index is 12.9. The molecule has 0 N–H and O–H groups in total. The molecular formula is C20H19F3N2O2. The fraction of sp³-hybridized carbons (Fsp3) is 0.300. The summed E-state index contributed by atoms with van der Waals surface area (Å²) >= 11 is 0. The number of benzene rings is 2. The van der Waals surface area contributed by atoms with Gasteiger partial charge >= 0.3 is 12.3 Å². The van der Waals surface area contributed by atoms with Crippen molar-refractivity contribution in [3.63, 3.8) is 0 Å². The van der Waals surface area contributed by atoms with Gasteiger partial charge in [-0.25, -0.2) is 4.79 Å². The van der Waals surface area contributed by atoms with E-state index in [1.165, 1.54) is 0 Å². The predicted octanol–water partition coefficient (Wildman–Crippen LogP) is 5.06. The van der Waals surface area contributed by atoms with Crippen LogP contribution >= 0.6 is 0 Å². The summed E-state index contributed by atoms with van der Waals surface area (Å²) in [6.45, 7) is 1.89. The summed E-state index contributed by atoms with van der Waals surface area (Å²) in [6, 6.07) is 15.1. The molecule has 0 radical (unpaired) electrons. The minimum absolute atomic E-state index is 0.0235. The van der Waals surface area contributed by atoms with Crippen LogP contribution in [0.1, 0.15) is 29.5 Å². The number of halogens is 3. The number of aryl methyl sites for hydroxylation is 1. The van der Waals surface area contributed by atoms with Crippen molar-refractivity contribution in [2.75, 3.05) is 0 Å². The fourth-order valence-electron chi connectivity index (χ4n) is 2.88. The van der Waals surface area contributed by atoms with Crippen molar-refractivity contribution in [3.05, 3.63) is 71.3 Å². The number of hydrogen-bond acceptors (Lipinski definition) is 3. The van der Waals surface area contributed by atoms with Gasteiger partial charge in [-0.1, -0.05) is 60.2 Å². The Bertz CT molecular complexity index is 817. The van der Waals surface area contributed by atoms with Gasteiger partial charge in [0.25, 0.3) is 0 Å². The number of alkyl halides is 3. The van der Waals surface area contributed by atoms with Crippen LogP contribution in [-0.2, 0) is 11.3 Å². The Morgan fingerprint density at radius 3 is 2.44 bits per heavy atom. The highest BCUT2D eigenvalue weighted by Gasteiger charge is 2.41. The Morgan fingerprint density at radius 1 is 1.15 bits per heavy atom. The molecule has 1 heterocycles. The van der Waals surface area contributed by atoms with Crippen molar-refractivity contribution in [2.24, 2.45) is 5.10 Å². The van der Waals surface area contributed by atoms with Crippen LogP contribution in [0.15, 0.2) is 59.7 Å². The van der Waals surface area contributed by atoms with Crippen molar-refractivity contribution >= 4 is 11.8 Å². The van der Waals surface area contributed by atoms with Crippen molar-refractivity contribution in [3.8, 4) is 0 Å². The summed E-state index contributed by atoms with van der Waals surface area (Å²) in [4.78, 5) is 12.4. The molecule has 0 aliphatic carbocycles. The highest BCUT2D eigenvalue weighted by molar-refractivity contribution is 6.02. The van der Waals surface area contributed by atoms with E-state index >= 15 is 0 Å². The van der Waals surface area contributed by atoms with Crippen molar-refractivity contribution < 1.29 is 22.7 Å². The van der Waals surface area contributed by atoms with Crippen LogP contribution in [0.2, 0.25) is 0 Å². The zero-order valence-electron chi connectivity index (χ0n) is 14.7. The largest absolute Gasteiger partial charge is 0.443 e. The van der Waals surface area contributed by atoms with Crippen molar-refractivity contribution in [1.29, 1.82) is 0 Å². The predicted molar refractivity (Wildman–Crippen MR) is 95.3 cm³/mol. The molecule has 0 bridgehead atoms. The van der Waals surface area contributed by atoms with Gasteiger partial charge in [-0.2, -0.15) is 23.3 Å². The van der Waals surface area contributed by atoms with Gasteiger partial charge in [0.15, 0.2) is 0 Å². The van der Waals surface area contributed by atoms with Crippen LogP contribution in [0.4, 0.5) is 18.0 Å². The second-order valence-electron chi connectivity index (χ2n) is 6.47. The van der Waals surface area contributed by atoms with Crippen LogP contribution < -0.4 is 0 Å². The fourth-order valence-corrected chi connectivity index (χ4v) is 2.88. The number of ether oxygens (including phenoxy) is 1. The SMILES string of the molecule is Cc1ccc(C2=NN(C(=O)OCc3ccccc3)[C@@H](CC(F)(F)F)C2)cc1. The van der Waals surface area contributed by atoms with E-state index in [-0.39, 0.29) is 13.0 Å². The third-order valence-corrected chi connectivity index (χ3v) is 4.25. The Labute approximate surface area is 155 Å². The average Bonchev–Trinajstić information content (AvgIpc) is 3.03. The Hall–Kier alpha value is -2.83. The quantitative estimate of drug-likeness (QED) is 0.748. The van der Waals surface area contributed by atoms with E-state index in [1.807, 2.05) is 25.1 Å². The summed E-state index contributed by atoms with van der Waals surface area (Å²) in [7, 11) is 0. The van der Waals surface area contributed by atoms with Gasteiger partial charge in [0, 0.05) is 6.42 Å². The van der Waals surface area contributed by atoms with E-state index in [0.717, 1.165) is 16.1 Å². The third kappa shape index (κ3) is 5.09. The molecule has 0 aromatic heterocycles. The lowest BCUT2D eigenvalue weighted by molar-refractivity contribution is -0.144. The van der Waals surface area contributed by atoms with E-state index in [1.54, 1.807) is 36.4 Å². The second kappa shape index (κ2) is 7.82. The highest BCUT2D eigenvalue weighted by Crippen LogP contribution is 2.31. The minimum atomic E-state index is -4.40. The summed E-state index contributed by atoms with van der Waals surface area (Å²) < 4.78 is 44.0. The van der Waals surface area contributed by atoms with Crippen LogP contribution in [0.3, 0.4) is 0 Å². The van der Waals surface area contributed by atoms with E-state index in [0.29, 0.717) is 11.3 Å². The lowest BCUT2D eigenvalue weighted by Gasteiger charge is -2.22. The number of amides is 1. The molecule has 0 unspecified atom stereocenters. The third-order valence-electron chi connectivity index (χ3n) is 4.25. The van der Waals surface area contributed by atoms with Gasteiger partial charge in [-0.15, -0.1) is 0 Å². The maximum absolute atomic E-state index is 12.9. The van der Waals surface area contributed by atoms with E-state index in [9.17, 15) is 18.0 Å². The van der Waals surface area contributed by atoms with Crippen molar-refractivity contribution in [2.45, 2.75) is 38.6 Å². The molecule has 142 valence electrons. The normalized spacial score (nSPS) is 17.0. The molecule has 0 saturated carbocycles. The minimum Gasteiger partial charge on any atom is -0.443 e. The molecule has 0 saturated heterocycles. The van der Waals surface area contributed by atoms with Gasteiger partial charge in [0.05, 0.1) is 18.2 Å². The Morgan fingerprint density at radius 2 is 1.81 bits per heavy atom. The Kier molecular flexibility index (Phi) is 5.48. The molecule has 1 aliphatic heterocycles. The maximum Gasteiger partial charge on any atom is 0.431 e. The molecule has 7 heteroatoms. The first-order valence-corrected chi connectivity index (χ1v) is 8.53. The van der Waals surface area contributed by atoms with E-state index < -0.39 is 24.7 Å². The molecule has 2 aromatic rings. The van der Waals surface area contributed by atoms with Gasteiger partial charge in [0.2, 0.25) is 0 Å². The van der Waals surface area contributed by atoms with Gasteiger partial charge < -0.3 is 4.74 Å². The second-order valence-corrected chi connectivity index (χ2v) is 6.47. The molecule has 1 aliphatic rings. The molecule has 1 atom stereocenters. The smallest absolute Gasteiger partial charge is 0.431 e. The molecule has 1 amide bonds. The van der Waals surface area contributed by atoms with E-state index in [2.05, 4.69) is 5.10 Å². The average molecular weight is 376 g/mol. The van der Waals surface area contributed by atoms with Crippen molar-refractivity contribution in [1.82, 2.24) is 5.01 Å². The van der Waals surface area contributed by atoms with E-state index in [4.69, 9.17) is 4.74 Å². The standard InChI is InChI=1S/C20H19F3N2O2/c1-14-7-9-16(10-8-14)18-11-17(12-20(21,22)23)25(24-18)19(26)27-13-15-5-3-2-4-6-15/h2-10,17H,11-13H2,1H3/t17-/m1/s1. The number of carbonyl (C=O) groups is 1. The van der Waals surface area contributed by atoms with Gasteiger partial charge in [-0.3, -0.25) is 0 Å². The first-order valence-electron chi connectivity index (χ1n) is 8.53. The number of rotatable bonds is 4. The Balaban J connectivity index is 1.76. The number of hydrazone groups is 1. The lowest BCUT2D eigenvalue weighted by atomic mass is 10.0. The zero-order valence-corrected chi connectivity index (χ0v) is 14.7. The summed E-state index contributed by atoms with van der Waals surface area (Å²) in [5.74, 6) is 0.